The van der Waals surface area contributed by atoms with Gasteiger partial charge in [0.1, 0.15) is 24.2 Å². The molecule has 178 valence electrons. The molecular formula is C18H35N7O6. The van der Waals surface area contributed by atoms with E-state index in [2.05, 4.69) is 20.9 Å². The zero-order valence-corrected chi connectivity index (χ0v) is 18.1. The summed E-state index contributed by atoms with van der Waals surface area (Å²) in [5.41, 5.74) is 15.9. The maximum atomic E-state index is 12.7. The number of carbonyl (C=O) groups excluding carboxylic acids is 3. The number of aliphatic hydroxyl groups excluding tert-OH is 1. The lowest BCUT2D eigenvalue weighted by Crippen LogP contribution is -2.57. The summed E-state index contributed by atoms with van der Waals surface area (Å²) in [7, 11) is 0. The highest BCUT2D eigenvalue weighted by atomic mass is 16.4. The first-order valence-corrected chi connectivity index (χ1v) is 10.00. The fourth-order valence-electron chi connectivity index (χ4n) is 2.47. The highest BCUT2D eigenvalue weighted by molar-refractivity contribution is 5.93. The first-order chi connectivity index (χ1) is 14.4. The fourth-order valence-corrected chi connectivity index (χ4v) is 2.47. The van der Waals surface area contributed by atoms with Gasteiger partial charge in [-0.2, -0.15) is 0 Å². The van der Waals surface area contributed by atoms with E-state index in [4.69, 9.17) is 22.3 Å². The molecule has 0 aromatic rings. The molecule has 0 radical (unpaired) electrons. The van der Waals surface area contributed by atoms with Gasteiger partial charge >= 0.3 is 5.97 Å². The average Bonchev–Trinajstić information content (AvgIpc) is 2.71. The lowest BCUT2D eigenvalue weighted by atomic mass is 9.98. The Morgan fingerprint density at radius 1 is 1.00 bits per heavy atom. The molecule has 0 heterocycles. The third-order valence-electron chi connectivity index (χ3n) is 4.64. The van der Waals surface area contributed by atoms with Crippen LogP contribution in [0.1, 0.15) is 40.0 Å². The molecule has 11 N–H and O–H groups in total. The Morgan fingerprint density at radius 3 is 2.10 bits per heavy atom. The molecule has 0 aromatic carbocycles. The molecule has 0 bridgehead atoms. The first-order valence-electron chi connectivity index (χ1n) is 10.00. The highest BCUT2D eigenvalue weighted by Crippen LogP contribution is 2.09. The number of nitrogens with one attached hydrogen (secondary N) is 3. The van der Waals surface area contributed by atoms with E-state index >= 15 is 0 Å². The number of guanidine groups is 1. The zero-order chi connectivity index (χ0) is 24.1. The van der Waals surface area contributed by atoms with E-state index in [1.807, 2.05) is 0 Å². The lowest BCUT2D eigenvalue weighted by Gasteiger charge is -2.25. The molecule has 5 atom stereocenters. The molecule has 3 amide bonds. The number of aliphatic imine (C=N–C) groups is 1. The molecule has 0 aromatic heterocycles. The van der Waals surface area contributed by atoms with Crippen molar-refractivity contribution in [3.63, 3.8) is 0 Å². The van der Waals surface area contributed by atoms with Crippen LogP contribution < -0.4 is 33.2 Å². The Hall–Kier alpha value is -2.93. The molecule has 0 spiro atoms. The number of rotatable bonds is 14. The van der Waals surface area contributed by atoms with Crippen LogP contribution >= 0.6 is 0 Å². The topological polar surface area (TPSA) is 235 Å². The molecule has 5 unspecified atom stereocenters. The molecule has 0 aliphatic heterocycles. The summed E-state index contributed by atoms with van der Waals surface area (Å²) in [6.45, 7) is 4.47. The molecule has 0 rings (SSSR count). The third-order valence-corrected chi connectivity index (χ3v) is 4.64. The van der Waals surface area contributed by atoms with Crippen LogP contribution in [0.2, 0.25) is 0 Å². The minimum atomic E-state index is -1.19. The van der Waals surface area contributed by atoms with Gasteiger partial charge in [-0.05, 0) is 25.7 Å². The Bertz CT molecular complexity index is 653. The monoisotopic (exact) mass is 445 g/mol. The van der Waals surface area contributed by atoms with Gasteiger partial charge in [0.25, 0.3) is 0 Å². The lowest BCUT2D eigenvalue weighted by molar-refractivity contribution is -0.144. The van der Waals surface area contributed by atoms with E-state index in [0.29, 0.717) is 12.8 Å². The molecule has 0 saturated carbocycles. The predicted octanol–water partition coefficient (Wildman–Crippen LogP) is -3.04. The van der Waals surface area contributed by atoms with Crippen molar-refractivity contribution in [1.82, 2.24) is 16.0 Å². The SMILES string of the molecule is CCC(C)C(NC(=O)C(CCCN=C(N)N)NC(=O)C(C)NC(=O)C(N)CO)C(=O)O. The highest BCUT2D eigenvalue weighted by Gasteiger charge is 2.30. The number of aliphatic hydroxyl groups is 1. The van der Waals surface area contributed by atoms with Crippen molar-refractivity contribution in [1.29, 1.82) is 0 Å². The van der Waals surface area contributed by atoms with Crippen molar-refractivity contribution in [3.8, 4) is 0 Å². The van der Waals surface area contributed by atoms with E-state index in [1.54, 1.807) is 13.8 Å². The van der Waals surface area contributed by atoms with Crippen LogP contribution in [0.25, 0.3) is 0 Å². The minimum Gasteiger partial charge on any atom is -0.480 e. The standard InChI is InChI=1S/C18H35N7O6/c1-4-9(2)13(17(30)31)25-16(29)12(6-5-7-22-18(20)21)24-14(27)10(3)23-15(28)11(19)8-26/h9-13,26H,4-8,19H2,1-3H3,(H,23,28)(H,24,27)(H,25,29)(H,30,31)(H4,20,21,22). The van der Waals surface area contributed by atoms with Crippen molar-refractivity contribution in [2.75, 3.05) is 13.2 Å². The summed E-state index contributed by atoms with van der Waals surface area (Å²) in [5, 5.41) is 25.6. The Balaban J connectivity index is 5.28. The number of amides is 3. The third kappa shape index (κ3) is 10.6. The van der Waals surface area contributed by atoms with Crippen molar-refractivity contribution in [3.05, 3.63) is 0 Å². The maximum absolute atomic E-state index is 12.7. The number of carboxylic acid groups (broad SMARTS) is 1. The molecule has 13 heteroatoms. The van der Waals surface area contributed by atoms with Crippen LogP contribution in [0.15, 0.2) is 4.99 Å². The summed E-state index contributed by atoms with van der Waals surface area (Å²) >= 11 is 0. The van der Waals surface area contributed by atoms with Gasteiger partial charge in [-0.3, -0.25) is 19.4 Å². The number of carbonyl (C=O) groups is 4. The summed E-state index contributed by atoms with van der Waals surface area (Å²) in [6.07, 6.45) is 0.971. The van der Waals surface area contributed by atoms with Crippen LogP contribution in [-0.4, -0.2) is 77.2 Å². The van der Waals surface area contributed by atoms with E-state index in [-0.39, 0.29) is 24.8 Å². The quantitative estimate of drug-likeness (QED) is 0.0769. The largest absolute Gasteiger partial charge is 0.480 e. The Kier molecular flexibility index (Phi) is 12.8. The number of carboxylic acids is 1. The van der Waals surface area contributed by atoms with Crippen molar-refractivity contribution in [2.24, 2.45) is 28.1 Å². The number of hydrogen-bond donors (Lipinski definition) is 8. The predicted molar refractivity (Wildman–Crippen MR) is 114 cm³/mol. The summed E-state index contributed by atoms with van der Waals surface area (Å²) < 4.78 is 0. The molecule has 0 aliphatic rings. The normalized spacial score (nSPS) is 15.5. The average molecular weight is 446 g/mol. The molecule has 13 nitrogen and oxygen atoms in total. The van der Waals surface area contributed by atoms with Crippen LogP contribution in [0.3, 0.4) is 0 Å². The number of nitrogens with two attached hydrogens (primary N) is 3. The zero-order valence-electron chi connectivity index (χ0n) is 18.1. The van der Waals surface area contributed by atoms with E-state index < -0.39 is 54.5 Å². The minimum absolute atomic E-state index is 0.121. The van der Waals surface area contributed by atoms with Gasteiger partial charge in [0.2, 0.25) is 17.7 Å². The van der Waals surface area contributed by atoms with Gasteiger partial charge < -0.3 is 43.4 Å². The fraction of sp³-hybridized carbons (Fsp3) is 0.722. The van der Waals surface area contributed by atoms with Gasteiger partial charge in [0.05, 0.1) is 6.61 Å². The van der Waals surface area contributed by atoms with E-state index in [9.17, 15) is 24.3 Å². The van der Waals surface area contributed by atoms with Crippen molar-refractivity contribution in [2.45, 2.75) is 64.2 Å². The Labute approximate surface area is 181 Å². The number of nitrogens with zero attached hydrogens (tertiary/aromatic N) is 1. The van der Waals surface area contributed by atoms with Gasteiger partial charge in [0, 0.05) is 6.54 Å². The number of hydrogen-bond acceptors (Lipinski definition) is 7. The van der Waals surface area contributed by atoms with Gasteiger partial charge in [0.15, 0.2) is 5.96 Å². The van der Waals surface area contributed by atoms with Gasteiger partial charge in [-0.15, -0.1) is 0 Å². The van der Waals surface area contributed by atoms with E-state index in [0.717, 1.165) is 0 Å². The summed E-state index contributed by atoms with van der Waals surface area (Å²) in [4.78, 5) is 52.3. The second-order valence-corrected chi connectivity index (χ2v) is 7.24. The maximum Gasteiger partial charge on any atom is 0.326 e. The van der Waals surface area contributed by atoms with Crippen LogP contribution in [0, 0.1) is 5.92 Å². The van der Waals surface area contributed by atoms with Crippen LogP contribution in [-0.2, 0) is 19.2 Å². The van der Waals surface area contributed by atoms with Crippen LogP contribution in [0.5, 0.6) is 0 Å². The Morgan fingerprint density at radius 2 is 1.61 bits per heavy atom. The summed E-state index contributed by atoms with van der Waals surface area (Å²) in [5.74, 6) is -3.75. The number of aliphatic carboxylic acids is 1. The molecule has 0 fully saturated rings. The van der Waals surface area contributed by atoms with E-state index in [1.165, 1.54) is 6.92 Å². The second kappa shape index (κ2) is 14.1. The molecule has 0 aliphatic carbocycles. The van der Waals surface area contributed by atoms with Gasteiger partial charge in [-0.1, -0.05) is 20.3 Å². The van der Waals surface area contributed by atoms with Crippen LogP contribution in [0.4, 0.5) is 0 Å². The first kappa shape index (κ1) is 28.1. The molecule has 31 heavy (non-hydrogen) atoms. The van der Waals surface area contributed by atoms with Crippen molar-refractivity contribution >= 4 is 29.7 Å². The molecular weight excluding hydrogens is 410 g/mol. The van der Waals surface area contributed by atoms with Gasteiger partial charge in [-0.25, -0.2) is 4.79 Å². The van der Waals surface area contributed by atoms with Crippen molar-refractivity contribution < 1.29 is 29.4 Å². The smallest absolute Gasteiger partial charge is 0.326 e. The second-order valence-electron chi connectivity index (χ2n) is 7.24. The molecule has 0 saturated heterocycles. The summed E-state index contributed by atoms with van der Waals surface area (Å²) in [6, 6.07) is -4.46.